The summed E-state index contributed by atoms with van der Waals surface area (Å²) in [5, 5.41) is 3.17. The van der Waals surface area contributed by atoms with Gasteiger partial charge in [-0.15, -0.1) is 0 Å². The molecule has 3 rings (SSSR count). The lowest BCUT2D eigenvalue weighted by molar-refractivity contribution is -0.132. The average molecular weight is 297 g/mol. The van der Waals surface area contributed by atoms with E-state index >= 15 is 0 Å². The van der Waals surface area contributed by atoms with Gasteiger partial charge in [0, 0.05) is 37.6 Å². The largest absolute Gasteiger partial charge is 0.379 e. The molecule has 3 fully saturated rings. The number of hydrogen-bond donors (Lipinski definition) is 1. The Morgan fingerprint density at radius 1 is 1.05 bits per heavy atom. The second kappa shape index (κ2) is 6.60. The van der Waals surface area contributed by atoms with Crippen LogP contribution in [0.25, 0.3) is 0 Å². The van der Waals surface area contributed by atoms with E-state index in [9.17, 15) is 4.79 Å². The second-order valence-corrected chi connectivity index (χ2v) is 6.50. The summed E-state index contributed by atoms with van der Waals surface area (Å²) >= 11 is 0. The molecule has 6 heteroatoms. The molecule has 3 heterocycles. The minimum absolute atomic E-state index is 0.144. The Kier molecular flexibility index (Phi) is 4.78. The minimum Gasteiger partial charge on any atom is -0.379 e. The molecule has 0 aliphatic carbocycles. The van der Waals surface area contributed by atoms with Crippen LogP contribution in [0.2, 0.25) is 0 Å². The van der Waals surface area contributed by atoms with Crippen LogP contribution >= 0.6 is 0 Å². The Balaban J connectivity index is 1.67. The Morgan fingerprint density at radius 2 is 1.67 bits per heavy atom. The zero-order valence-corrected chi connectivity index (χ0v) is 13.1. The van der Waals surface area contributed by atoms with Crippen LogP contribution < -0.4 is 5.32 Å². The lowest BCUT2D eigenvalue weighted by Crippen LogP contribution is -2.63. The summed E-state index contributed by atoms with van der Waals surface area (Å²) in [7, 11) is 0. The van der Waals surface area contributed by atoms with Crippen molar-refractivity contribution in [1.29, 1.82) is 0 Å². The van der Waals surface area contributed by atoms with Gasteiger partial charge in [0.2, 0.25) is 5.91 Å². The summed E-state index contributed by atoms with van der Waals surface area (Å²) in [5.41, 5.74) is 0. The van der Waals surface area contributed by atoms with Crippen LogP contribution in [0.15, 0.2) is 0 Å². The molecule has 0 spiro atoms. The third-order valence-electron chi connectivity index (χ3n) is 4.95. The van der Waals surface area contributed by atoms with Gasteiger partial charge in [0.05, 0.1) is 32.6 Å². The molecule has 3 aliphatic rings. The molecule has 21 heavy (non-hydrogen) atoms. The molecule has 3 saturated heterocycles. The van der Waals surface area contributed by atoms with Crippen molar-refractivity contribution in [3.63, 3.8) is 0 Å². The SMILES string of the molecule is CC1COCCN1C1CC(N2CCOC[C@H]2C)CC(=O)N1. The van der Waals surface area contributed by atoms with E-state index in [1.165, 1.54) is 0 Å². The first-order valence-corrected chi connectivity index (χ1v) is 8.11. The number of amides is 1. The molecular weight excluding hydrogens is 270 g/mol. The monoisotopic (exact) mass is 297 g/mol. The average Bonchev–Trinajstić information content (AvgIpc) is 2.47. The summed E-state index contributed by atoms with van der Waals surface area (Å²) in [6.07, 6.45) is 1.75. The van der Waals surface area contributed by atoms with E-state index in [1.54, 1.807) is 0 Å². The standard InChI is InChI=1S/C15H27N3O3/c1-11-9-20-5-3-17(11)13-7-14(16-15(19)8-13)18-4-6-21-10-12(18)2/h11-14H,3-10H2,1-2H3,(H,16,19)/t11-,12?,13?,14?/m1/s1. The molecule has 3 unspecified atom stereocenters. The molecule has 0 bridgehead atoms. The van der Waals surface area contributed by atoms with Crippen molar-refractivity contribution in [2.45, 2.75) is 51.0 Å². The maximum absolute atomic E-state index is 12.2. The number of nitrogens with zero attached hydrogens (tertiary/aromatic N) is 2. The highest BCUT2D eigenvalue weighted by Crippen LogP contribution is 2.24. The van der Waals surface area contributed by atoms with E-state index in [0.717, 1.165) is 45.9 Å². The molecule has 6 nitrogen and oxygen atoms in total. The Bertz CT molecular complexity index is 347. The fourth-order valence-electron chi connectivity index (χ4n) is 3.82. The van der Waals surface area contributed by atoms with E-state index in [2.05, 4.69) is 29.0 Å². The summed E-state index contributed by atoms with van der Waals surface area (Å²) in [5.74, 6) is 0.175. The highest BCUT2D eigenvalue weighted by molar-refractivity contribution is 5.77. The van der Waals surface area contributed by atoms with Gasteiger partial charge in [0.25, 0.3) is 0 Å². The number of hydrogen-bond acceptors (Lipinski definition) is 5. The van der Waals surface area contributed by atoms with Crippen LogP contribution in [0.3, 0.4) is 0 Å². The maximum atomic E-state index is 12.2. The minimum atomic E-state index is 0.144. The van der Waals surface area contributed by atoms with E-state index in [4.69, 9.17) is 9.47 Å². The van der Waals surface area contributed by atoms with E-state index in [1.807, 2.05) is 0 Å². The van der Waals surface area contributed by atoms with Gasteiger partial charge >= 0.3 is 0 Å². The van der Waals surface area contributed by atoms with Gasteiger partial charge in [0.15, 0.2) is 0 Å². The molecule has 0 saturated carbocycles. The third kappa shape index (κ3) is 3.39. The molecule has 0 aromatic rings. The van der Waals surface area contributed by atoms with Gasteiger partial charge in [-0.05, 0) is 20.3 Å². The number of carbonyl (C=O) groups is 1. The molecule has 120 valence electrons. The summed E-state index contributed by atoms with van der Waals surface area (Å²) in [4.78, 5) is 17.0. The van der Waals surface area contributed by atoms with Crippen LogP contribution in [0.5, 0.6) is 0 Å². The van der Waals surface area contributed by atoms with E-state index < -0.39 is 0 Å². The van der Waals surface area contributed by atoms with Crippen LogP contribution in [-0.4, -0.2) is 79.5 Å². The van der Waals surface area contributed by atoms with Gasteiger partial charge in [-0.25, -0.2) is 0 Å². The highest BCUT2D eigenvalue weighted by Gasteiger charge is 2.38. The number of carbonyl (C=O) groups excluding carboxylic acids is 1. The molecular formula is C15H27N3O3. The van der Waals surface area contributed by atoms with Crippen molar-refractivity contribution in [3.8, 4) is 0 Å². The molecule has 4 atom stereocenters. The van der Waals surface area contributed by atoms with Crippen molar-refractivity contribution in [1.82, 2.24) is 15.1 Å². The fourth-order valence-corrected chi connectivity index (χ4v) is 3.82. The molecule has 0 aromatic heterocycles. The van der Waals surface area contributed by atoms with Gasteiger partial charge < -0.3 is 14.8 Å². The zero-order chi connectivity index (χ0) is 14.8. The fraction of sp³-hybridized carbons (Fsp3) is 0.933. The highest BCUT2D eigenvalue weighted by atomic mass is 16.5. The van der Waals surface area contributed by atoms with Crippen LogP contribution in [0.1, 0.15) is 26.7 Å². The smallest absolute Gasteiger partial charge is 0.222 e. The molecule has 1 amide bonds. The summed E-state index contributed by atoms with van der Waals surface area (Å²) in [6, 6.07) is 1.10. The van der Waals surface area contributed by atoms with Gasteiger partial charge in [-0.3, -0.25) is 14.6 Å². The van der Waals surface area contributed by atoms with E-state index in [0.29, 0.717) is 24.5 Å². The van der Waals surface area contributed by atoms with Gasteiger partial charge in [-0.2, -0.15) is 0 Å². The first-order chi connectivity index (χ1) is 10.1. The number of rotatable bonds is 2. The van der Waals surface area contributed by atoms with Crippen molar-refractivity contribution < 1.29 is 14.3 Å². The first kappa shape index (κ1) is 15.2. The van der Waals surface area contributed by atoms with E-state index in [-0.39, 0.29) is 12.1 Å². The predicted molar refractivity (Wildman–Crippen MR) is 78.9 cm³/mol. The van der Waals surface area contributed by atoms with Crippen molar-refractivity contribution in [2.24, 2.45) is 0 Å². The lowest BCUT2D eigenvalue weighted by atomic mass is 9.97. The van der Waals surface area contributed by atoms with Crippen LogP contribution in [-0.2, 0) is 14.3 Å². The van der Waals surface area contributed by atoms with Gasteiger partial charge in [-0.1, -0.05) is 0 Å². The van der Waals surface area contributed by atoms with Crippen molar-refractivity contribution in [3.05, 3.63) is 0 Å². The summed E-state index contributed by atoms with van der Waals surface area (Å²) in [6.45, 7) is 9.27. The Labute approximate surface area is 126 Å². The second-order valence-electron chi connectivity index (χ2n) is 6.50. The normalized spacial score (nSPS) is 40.0. The lowest BCUT2D eigenvalue weighted by Gasteiger charge is -2.47. The Morgan fingerprint density at radius 3 is 2.29 bits per heavy atom. The molecule has 1 N–H and O–H groups in total. The van der Waals surface area contributed by atoms with Crippen molar-refractivity contribution in [2.75, 3.05) is 39.5 Å². The number of morpholine rings is 2. The molecule has 0 aromatic carbocycles. The molecule has 0 radical (unpaired) electrons. The van der Waals surface area contributed by atoms with Crippen LogP contribution in [0, 0.1) is 0 Å². The van der Waals surface area contributed by atoms with Crippen molar-refractivity contribution >= 4 is 5.91 Å². The van der Waals surface area contributed by atoms with Gasteiger partial charge in [0.1, 0.15) is 0 Å². The quantitative estimate of drug-likeness (QED) is 0.779. The number of ether oxygens (including phenoxy) is 2. The maximum Gasteiger partial charge on any atom is 0.222 e. The molecule has 3 aliphatic heterocycles. The predicted octanol–water partition coefficient (Wildman–Crippen LogP) is 0.0325. The zero-order valence-electron chi connectivity index (χ0n) is 13.1. The topological polar surface area (TPSA) is 54.0 Å². The Hall–Kier alpha value is -0.690. The number of nitrogens with one attached hydrogen (secondary N) is 1. The first-order valence-electron chi connectivity index (χ1n) is 8.11. The summed E-state index contributed by atoms with van der Waals surface area (Å²) < 4.78 is 11.0. The van der Waals surface area contributed by atoms with Crippen LogP contribution in [0.4, 0.5) is 0 Å². The third-order valence-corrected chi connectivity index (χ3v) is 4.95. The number of piperidine rings is 1.